The molecule has 1 heterocycles. The largest absolute Gasteiger partial charge is 0.466 e. The van der Waals surface area contributed by atoms with Crippen LogP contribution in [0.5, 0.6) is 0 Å². The van der Waals surface area contributed by atoms with Crippen molar-refractivity contribution in [3.05, 3.63) is 36.5 Å². The molecule has 0 N–H and O–H groups in total. The number of hydrogen-bond donors (Lipinski definition) is 0. The lowest BCUT2D eigenvalue weighted by atomic mass is 10.1. The van der Waals surface area contributed by atoms with E-state index in [1.807, 2.05) is 12.2 Å². The van der Waals surface area contributed by atoms with Gasteiger partial charge in [-0.3, -0.25) is 4.79 Å². The molecule has 0 unspecified atom stereocenters. The molecule has 0 radical (unpaired) electrons. The summed E-state index contributed by atoms with van der Waals surface area (Å²) in [5, 5.41) is 0. The molecule has 4 heteroatoms. The summed E-state index contributed by atoms with van der Waals surface area (Å²) in [5.74, 6) is -0.315. The van der Waals surface area contributed by atoms with E-state index in [-0.39, 0.29) is 24.0 Å². The van der Waals surface area contributed by atoms with Crippen molar-refractivity contribution >= 4 is 11.8 Å². The quantitative estimate of drug-likeness (QED) is 0.420. The van der Waals surface area contributed by atoms with Gasteiger partial charge in [0, 0.05) is 6.08 Å². The van der Waals surface area contributed by atoms with Gasteiger partial charge in [0.15, 0.2) is 5.78 Å². The normalized spacial score (nSPS) is 23.1. The summed E-state index contributed by atoms with van der Waals surface area (Å²) < 4.78 is 10.3. The van der Waals surface area contributed by atoms with Crippen molar-refractivity contribution in [3.63, 3.8) is 0 Å². The highest BCUT2D eigenvalue weighted by atomic mass is 16.5. The van der Waals surface area contributed by atoms with Crippen molar-refractivity contribution in [2.24, 2.45) is 0 Å². The molecule has 0 aliphatic carbocycles. The lowest BCUT2D eigenvalue weighted by Crippen LogP contribution is -2.23. The minimum atomic E-state index is -0.360. The van der Waals surface area contributed by atoms with Gasteiger partial charge in [0.25, 0.3) is 0 Å². The average molecular weight is 264 g/mol. The Labute approximate surface area is 113 Å². The third-order valence-corrected chi connectivity index (χ3v) is 2.69. The van der Waals surface area contributed by atoms with Gasteiger partial charge in [0.2, 0.25) is 0 Å². The second-order valence-corrected chi connectivity index (χ2v) is 4.37. The van der Waals surface area contributed by atoms with Crippen LogP contribution in [-0.2, 0) is 19.1 Å². The summed E-state index contributed by atoms with van der Waals surface area (Å²) in [7, 11) is 1.35. The van der Waals surface area contributed by atoms with Crippen molar-refractivity contribution in [2.45, 2.75) is 38.4 Å². The van der Waals surface area contributed by atoms with E-state index >= 15 is 0 Å². The highest BCUT2D eigenvalue weighted by Crippen LogP contribution is 2.18. The van der Waals surface area contributed by atoms with Crippen LogP contribution < -0.4 is 0 Å². The number of methoxy groups -OCH3 is 1. The molecule has 0 saturated carbocycles. The number of hydrogen-bond acceptors (Lipinski definition) is 4. The second-order valence-electron chi connectivity index (χ2n) is 4.37. The molecule has 0 aromatic rings. The topological polar surface area (TPSA) is 52.6 Å². The molecular formula is C15H20O4. The molecule has 0 spiro atoms. The number of allylic oxidation sites excluding steroid dienone is 1. The third-order valence-electron chi connectivity index (χ3n) is 2.69. The molecule has 0 saturated heterocycles. The number of esters is 1. The first-order valence-electron chi connectivity index (χ1n) is 6.35. The fourth-order valence-electron chi connectivity index (χ4n) is 1.77. The van der Waals surface area contributed by atoms with Crippen LogP contribution in [0, 0.1) is 0 Å². The molecule has 19 heavy (non-hydrogen) atoms. The Morgan fingerprint density at radius 1 is 1.32 bits per heavy atom. The van der Waals surface area contributed by atoms with E-state index < -0.39 is 0 Å². The Kier molecular flexibility index (Phi) is 6.82. The molecule has 0 aromatic carbocycles. The maximum Gasteiger partial charge on any atom is 0.330 e. The van der Waals surface area contributed by atoms with E-state index in [1.54, 1.807) is 12.2 Å². The van der Waals surface area contributed by atoms with Gasteiger partial charge in [-0.15, -0.1) is 0 Å². The van der Waals surface area contributed by atoms with Gasteiger partial charge >= 0.3 is 5.97 Å². The van der Waals surface area contributed by atoms with Crippen molar-refractivity contribution in [1.29, 1.82) is 0 Å². The van der Waals surface area contributed by atoms with Gasteiger partial charge < -0.3 is 9.47 Å². The molecule has 1 aliphatic rings. The average Bonchev–Trinajstić information content (AvgIpc) is 2.38. The van der Waals surface area contributed by atoms with Crippen molar-refractivity contribution in [2.75, 3.05) is 7.11 Å². The minimum absolute atomic E-state index is 0.0228. The number of rotatable bonds is 6. The molecule has 0 bridgehead atoms. The Bertz CT molecular complexity index is 393. The first-order valence-corrected chi connectivity index (χ1v) is 6.35. The number of carbonyl (C=O) groups is 2. The van der Waals surface area contributed by atoms with Gasteiger partial charge in [0.05, 0.1) is 19.3 Å². The maximum atomic E-state index is 10.9. The highest BCUT2D eigenvalue weighted by Gasteiger charge is 2.16. The molecule has 1 aliphatic heterocycles. The molecule has 0 fully saturated rings. The molecule has 104 valence electrons. The monoisotopic (exact) mass is 264 g/mol. The van der Waals surface area contributed by atoms with Crippen LogP contribution in [-0.4, -0.2) is 31.1 Å². The van der Waals surface area contributed by atoms with Crippen molar-refractivity contribution < 1.29 is 19.1 Å². The van der Waals surface area contributed by atoms with Gasteiger partial charge in [-0.05, 0) is 32.3 Å². The first kappa shape index (κ1) is 15.4. The van der Waals surface area contributed by atoms with Crippen molar-refractivity contribution in [1.82, 2.24) is 0 Å². The van der Waals surface area contributed by atoms with E-state index in [9.17, 15) is 9.59 Å². The zero-order valence-electron chi connectivity index (χ0n) is 11.4. The number of ketones is 1. The van der Waals surface area contributed by atoms with Crippen LogP contribution in [0.25, 0.3) is 0 Å². The number of carbonyl (C=O) groups excluding carboxylic acids is 2. The van der Waals surface area contributed by atoms with Crippen LogP contribution in [0.3, 0.4) is 0 Å². The fourth-order valence-corrected chi connectivity index (χ4v) is 1.77. The van der Waals surface area contributed by atoms with Gasteiger partial charge in [-0.25, -0.2) is 4.79 Å². The molecule has 4 nitrogen and oxygen atoms in total. The zero-order valence-corrected chi connectivity index (χ0v) is 11.4. The maximum absolute atomic E-state index is 10.9. The van der Waals surface area contributed by atoms with Gasteiger partial charge in [-0.2, -0.15) is 0 Å². The summed E-state index contributed by atoms with van der Waals surface area (Å²) in [4.78, 5) is 21.7. The Hall–Kier alpha value is -1.68. The van der Waals surface area contributed by atoms with E-state index in [0.29, 0.717) is 6.42 Å². The van der Waals surface area contributed by atoms with Crippen LogP contribution in [0.1, 0.15) is 26.2 Å². The Balaban J connectivity index is 2.36. The van der Waals surface area contributed by atoms with E-state index in [1.165, 1.54) is 20.1 Å². The molecule has 0 amide bonds. The first-order chi connectivity index (χ1) is 9.11. The van der Waals surface area contributed by atoms with Crippen LogP contribution >= 0.6 is 0 Å². The minimum Gasteiger partial charge on any atom is -0.466 e. The summed E-state index contributed by atoms with van der Waals surface area (Å²) in [5.41, 5.74) is 0. The van der Waals surface area contributed by atoms with E-state index in [4.69, 9.17) is 4.74 Å². The standard InChI is InChI=1S/C15H20O4/c1-12(16)6-3-7-13-8-4-9-14(19-13)10-5-11-15(17)18-2/h3-6,9,11,13-14H,7-8,10H2,1-2H3/b6-3+,11-5?/t13-,14+/m1/s1. The fraction of sp³-hybridized carbons (Fsp3) is 0.467. The Morgan fingerprint density at radius 2 is 2.05 bits per heavy atom. The summed E-state index contributed by atoms with van der Waals surface area (Å²) in [6, 6.07) is 0. The lowest BCUT2D eigenvalue weighted by molar-refractivity contribution is -0.134. The third kappa shape index (κ3) is 6.72. The van der Waals surface area contributed by atoms with Gasteiger partial charge in [0.1, 0.15) is 0 Å². The van der Waals surface area contributed by atoms with Crippen LogP contribution in [0.2, 0.25) is 0 Å². The zero-order chi connectivity index (χ0) is 14.1. The lowest BCUT2D eigenvalue weighted by Gasteiger charge is -2.24. The summed E-state index contributed by atoms with van der Waals surface area (Å²) in [6.07, 6.45) is 12.9. The van der Waals surface area contributed by atoms with E-state index in [0.717, 1.165) is 12.8 Å². The molecule has 1 rings (SSSR count). The molecular weight excluding hydrogens is 244 g/mol. The summed E-state index contributed by atoms with van der Waals surface area (Å²) in [6.45, 7) is 1.53. The molecule has 2 atom stereocenters. The molecule has 0 aromatic heterocycles. The van der Waals surface area contributed by atoms with Crippen LogP contribution in [0.15, 0.2) is 36.5 Å². The van der Waals surface area contributed by atoms with Gasteiger partial charge in [-0.1, -0.05) is 24.3 Å². The Morgan fingerprint density at radius 3 is 2.74 bits per heavy atom. The smallest absolute Gasteiger partial charge is 0.330 e. The predicted molar refractivity (Wildman–Crippen MR) is 72.6 cm³/mol. The predicted octanol–water partition coefficient (Wildman–Crippen LogP) is 2.35. The second kappa shape index (κ2) is 8.43. The highest BCUT2D eigenvalue weighted by molar-refractivity contribution is 5.87. The number of ether oxygens (including phenoxy) is 2. The van der Waals surface area contributed by atoms with E-state index in [2.05, 4.69) is 10.8 Å². The van der Waals surface area contributed by atoms with Crippen molar-refractivity contribution in [3.8, 4) is 0 Å². The van der Waals surface area contributed by atoms with Crippen LogP contribution in [0.4, 0.5) is 0 Å². The SMILES string of the molecule is COC(=O)C=CC[C@@H]1C=CC[C@@H](C/C=C/C(C)=O)O1. The summed E-state index contributed by atoms with van der Waals surface area (Å²) >= 11 is 0.